The lowest BCUT2D eigenvalue weighted by Gasteiger charge is -2.37. The number of likely N-dealkylation sites (tertiary alicyclic amines) is 1. The third-order valence-corrected chi connectivity index (χ3v) is 6.20. The molecule has 0 radical (unpaired) electrons. The van der Waals surface area contributed by atoms with Crippen molar-refractivity contribution in [1.82, 2.24) is 10.2 Å². The van der Waals surface area contributed by atoms with E-state index in [-0.39, 0.29) is 29.0 Å². The van der Waals surface area contributed by atoms with Crippen LogP contribution in [0.1, 0.15) is 31.7 Å². The van der Waals surface area contributed by atoms with Crippen LogP contribution < -0.4 is 10.1 Å². The minimum absolute atomic E-state index is 0.0322. The second-order valence-corrected chi connectivity index (χ2v) is 8.08. The Morgan fingerprint density at radius 2 is 1.93 bits per heavy atom. The van der Waals surface area contributed by atoms with E-state index in [2.05, 4.69) is 10.1 Å². The first-order valence-corrected chi connectivity index (χ1v) is 9.78. The molecule has 1 saturated heterocycles. The Bertz CT molecular complexity index is 792. The van der Waals surface area contributed by atoms with E-state index in [0.29, 0.717) is 38.5 Å². The van der Waals surface area contributed by atoms with Crippen LogP contribution in [-0.2, 0) is 14.9 Å². The van der Waals surface area contributed by atoms with Crippen molar-refractivity contribution in [1.29, 1.82) is 0 Å². The smallest absolute Gasteiger partial charge is 0.450 e. The van der Waals surface area contributed by atoms with Gasteiger partial charge in [-0.1, -0.05) is 12.1 Å². The number of benzene rings is 1. The maximum atomic E-state index is 12.8. The van der Waals surface area contributed by atoms with Gasteiger partial charge in [0.25, 0.3) is 0 Å². The number of piperidine rings is 1. The summed E-state index contributed by atoms with van der Waals surface area (Å²) < 4.78 is 45.7. The maximum Gasteiger partial charge on any atom is 0.573 e. The summed E-state index contributed by atoms with van der Waals surface area (Å²) in [6, 6.07) is 5.95. The number of carbonyl (C=O) groups excluding carboxylic acids is 2. The molecular weight excluding hydrogens is 389 g/mol. The number of hydrogen-bond acceptors (Lipinski definition) is 4. The van der Waals surface area contributed by atoms with Crippen molar-refractivity contribution in [3.63, 3.8) is 0 Å². The number of halogens is 3. The highest BCUT2D eigenvalue weighted by Crippen LogP contribution is 2.59. The third kappa shape index (κ3) is 4.00. The summed E-state index contributed by atoms with van der Waals surface area (Å²) in [5.41, 5.74) is 0.793. The molecule has 0 spiro atoms. The second-order valence-electron chi connectivity index (χ2n) is 8.08. The topological polar surface area (TPSA) is 67.9 Å². The fourth-order valence-corrected chi connectivity index (χ4v) is 4.62. The molecule has 9 heteroatoms. The van der Waals surface area contributed by atoms with Gasteiger partial charge in [0.2, 0.25) is 5.91 Å². The van der Waals surface area contributed by atoms with Crippen molar-refractivity contribution >= 4 is 12.0 Å². The number of amides is 2. The molecule has 1 aromatic rings. The summed E-state index contributed by atoms with van der Waals surface area (Å²) in [6.45, 7) is 3.30. The van der Waals surface area contributed by atoms with Crippen LogP contribution in [0.2, 0.25) is 0 Å². The molecule has 1 N–H and O–H groups in total. The predicted octanol–water partition coefficient (Wildman–Crippen LogP) is 3.21. The van der Waals surface area contributed by atoms with Gasteiger partial charge in [0.15, 0.2) is 0 Å². The van der Waals surface area contributed by atoms with E-state index in [1.54, 1.807) is 19.1 Å². The predicted molar refractivity (Wildman–Crippen MR) is 96.2 cm³/mol. The van der Waals surface area contributed by atoms with Gasteiger partial charge in [-0.2, -0.15) is 0 Å². The standard InChI is InChI=1S/C20H23F3N2O4/c1-2-28-18(27)24-15-7-12(8-15)17(26)25-10-14-9-19(14,11-25)13-3-5-16(6-4-13)29-20(21,22)23/h3-6,12,14-15H,2,7-11H2,1H3,(H,24,27). The molecular formula is C20H23F3N2O4. The van der Waals surface area contributed by atoms with Gasteiger partial charge in [-0.15, -0.1) is 13.2 Å². The first-order chi connectivity index (χ1) is 13.7. The average Bonchev–Trinajstić information content (AvgIpc) is 3.18. The number of hydrogen-bond donors (Lipinski definition) is 1. The van der Waals surface area contributed by atoms with E-state index in [4.69, 9.17) is 4.74 Å². The van der Waals surface area contributed by atoms with Gasteiger partial charge < -0.3 is 19.7 Å². The van der Waals surface area contributed by atoms with Gasteiger partial charge in [-0.25, -0.2) is 4.79 Å². The molecule has 29 heavy (non-hydrogen) atoms. The van der Waals surface area contributed by atoms with Crippen molar-refractivity contribution < 1.29 is 32.2 Å². The van der Waals surface area contributed by atoms with Crippen molar-refractivity contribution in [2.24, 2.45) is 11.8 Å². The van der Waals surface area contributed by atoms with Crippen LogP contribution in [0.4, 0.5) is 18.0 Å². The Morgan fingerprint density at radius 3 is 2.55 bits per heavy atom. The minimum atomic E-state index is -4.71. The highest BCUT2D eigenvalue weighted by molar-refractivity contribution is 5.81. The van der Waals surface area contributed by atoms with Crippen LogP contribution in [0, 0.1) is 11.8 Å². The lowest BCUT2D eigenvalue weighted by Crippen LogP contribution is -2.50. The molecule has 2 saturated carbocycles. The van der Waals surface area contributed by atoms with Gasteiger partial charge in [-0.3, -0.25) is 4.79 Å². The molecule has 1 aliphatic heterocycles. The van der Waals surface area contributed by atoms with Gasteiger partial charge in [0.05, 0.1) is 6.61 Å². The quantitative estimate of drug-likeness (QED) is 0.807. The largest absolute Gasteiger partial charge is 0.573 e. The zero-order chi connectivity index (χ0) is 20.8. The molecule has 158 valence electrons. The zero-order valence-corrected chi connectivity index (χ0v) is 16.0. The summed E-state index contributed by atoms with van der Waals surface area (Å²) in [7, 11) is 0. The van der Waals surface area contributed by atoms with Gasteiger partial charge >= 0.3 is 12.5 Å². The fraction of sp³-hybridized carbons (Fsp3) is 0.600. The minimum Gasteiger partial charge on any atom is -0.450 e. The van der Waals surface area contributed by atoms with Crippen LogP contribution in [0.3, 0.4) is 0 Å². The Morgan fingerprint density at radius 1 is 1.24 bits per heavy atom. The highest BCUT2D eigenvalue weighted by Gasteiger charge is 2.62. The van der Waals surface area contributed by atoms with E-state index < -0.39 is 12.5 Å². The van der Waals surface area contributed by atoms with Gasteiger partial charge in [-0.05, 0) is 49.8 Å². The summed E-state index contributed by atoms with van der Waals surface area (Å²) in [6.07, 6.45) is -3.01. The maximum absolute atomic E-state index is 12.8. The van der Waals surface area contributed by atoms with E-state index >= 15 is 0 Å². The molecule has 3 fully saturated rings. The SMILES string of the molecule is CCOC(=O)NC1CC(C(=O)N2CC3CC3(c3ccc(OC(F)(F)F)cc3)C2)C1. The molecule has 2 aliphatic carbocycles. The zero-order valence-electron chi connectivity index (χ0n) is 16.0. The summed E-state index contributed by atoms with van der Waals surface area (Å²) in [5.74, 6) is 0.0966. The van der Waals surface area contributed by atoms with E-state index in [9.17, 15) is 22.8 Å². The lowest BCUT2D eigenvalue weighted by molar-refractivity contribution is -0.274. The number of nitrogens with zero attached hydrogens (tertiary/aromatic N) is 1. The van der Waals surface area contributed by atoms with Gasteiger partial charge in [0, 0.05) is 30.5 Å². The number of rotatable bonds is 5. The van der Waals surface area contributed by atoms with Crippen LogP contribution >= 0.6 is 0 Å². The van der Waals surface area contributed by atoms with E-state index in [1.165, 1.54) is 12.1 Å². The van der Waals surface area contributed by atoms with Crippen molar-refractivity contribution in [2.75, 3.05) is 19.7 Å². The molecule has 4 rings (SSSR count). The van der Waals surface area contributed by atoms with Gasteiger partial charge in [0.1, 0.15) is 5.75 Å². The number of carbonyl (C=O) groups is 2. The first-order valence-electron chi connectivity index (χ1n) is 9.78. The van der Waals surface area contributed by atoms with Crippen molar-refractivity contribution in [3.8, 4) is 5.75 Å². The Kier molecular flexibility index (Phi) is 4.86. The second kappa shape index (κ2) is 7.11. The summed E-state index contributed by atoms with van der Waals surface area (Å²) in [5, 5.41) is 2.74. The van der Waals surface area contributed by atoms with Crippen LogP contribution in [0.15, 0.2) is 24.3 Å². The Labute approximate surface area is 166 Å². The molecule has 2 unspecified atom stereocenters. The number of nitrogens with one attached hydrogen (secondary N) is 1. The first kappa shape index (κ1) is 19.8. The molecule has 3 aliphatic rings. The number of ether oxygens (including phenoxy) is 2. The van der Waals surface area contributed by atoms with Crippen LogP contribution in [-0.4, -0.2) is 49.0 Å². The molecule has 0 aromatic heterocycles. The highest BCUT2D eigenvalue weighted by atomic mass is 19.4. The monoisotopic (exact) mass is 412 g/mol. The molecule has 0 bridgehead atoms. The van der Waals surface area contributed by atoms with Crippen molar-refractivity contribution in [3.05, 3.63) is 29.8 Å². The van der Waals surface area contributed by atoms with Crippen LogP contribution in [0.25, 0.3) is 0 Å². The molecule has 2 atom stereocenters. The molecule has 6 nitrogen and oxygen atoms in total. The van der Waals surface area contributed by atoms with E-state index in [0.717, 1.165) is 12.0 Å². The lowest BCUT2D eigenvalue weighted by atomic mass is 9.79. The number of alkyl carbamates (subject to hydrolysis) is 1. The van der Waals surface area contributed by atoms with Crippen LogP contribution in [0.5, 0.6) is 5.75 Å². The normalized spacial score (nSPS) is 30.2. The summed E-state index contributed by atoms with van der Waals surface area (Å²) in [4.78, 5) is 26.1. The average molecular weight is 412 g/mol. The van der Waals surface area contributed by atoms with Crippen molar-refractivity contribution in [2.45, 2.75) is 44.0 Å². The fourth-order valence-electron chi connectivity index (χ4n) is 4.62. The Hall–Kier alpha value is -2.45. The third-order valence-electron chi connectivity index (χ3n) is 6.20. The molecule has 2 amide bonds. The van der Waals surface area contributed by atoms with E-state index in [1.807, 2.05) is 4.90 Å². The molecule has 1 aromatic carbocycles. The number of alkyl halides is 3. The molecule has 1 heterocycles. The number of fused-ring (bicyclic) bond motifs is 1. The summed E-state index contributed by atoms with van der Waals surface area (Å²) >= 11 is 0. The Balaban J connectivity index is 1.31.